The van der Waals surface area contributed by atoms with E-state index in [-0.39, 0.29) is 11.9 Å². The second kappa shape index (κ2) is 9.63. The van der Waals surface area contributed by atoms with Gasteiger partial charge >= 0.3 is 0 Å². The average molecular weight is 438 g/mol. The molecule has 2 aromatic carbocycles. The molecule has 0 bridgehead atoms. The molecule has 1 amide bonds. The van der Waals surface area contributed by atoms with E-state index >= 15 is 0 Å². The van der Waals surface area contributed by atoms with Gasteiger partial charge in [0.15, 0.2) is 11.5 Å². The minimum absolute atomic E-state index is 0.00243. The molecule has 0 aliphatic carbocycles. The zero-order valence-electron chi connectivity index (χ0n) is 19.2. The summed E-state index contributed by atoms with van der Waals surface area (Å²) < 4.78 is 16.4. The first kappa shape index (κ1) is 22.2. The van der Waals surface area contributed by atoms with Crippen LogP contribution in [0, 0.1) is 13.8 Å². The average Bonchev–Trinajstić information content (AvgIpc) is 3.12. The standard InChI is InChI=1S/C25H31N3O4/c1-16-17(2)27-21-7-5-19(13-20(16)21)25(29)26-15-22(28-9-11-32-12-10-28)18-6-8-23(30-3)24(14-18)31-4/h5-8,13-14,22,27H,9-12,15H2,1-4H3,(H,26,29). The molecule has 1 aliphatic heterocycles. The van der Waals surface area contributed by atoms with E-state index < -0.39 is 0 Å². The lowest BCUT2D eigenvalue weighted by atomic mass is 10.0. The number of fused-ring (bicyclic) bond motifs is 1. The first-order chi connectivity index (χ1) is 15.5. The van der Waals surface area contributed by atoms with Gasteiger partial charge in [-0.1, -0.05) is 6.07 Å². The number of nitrogens with one attached hydrogen (secondary N) is 2. The van der Waals surface area contributed by atoms with Crippen molar-refractivity contribution >= 4 is 16.8 Å². The summed E-state index contributed by atoms with van der Waals surface area (Å²) in [7, 11) is 3.26. The van der Waals surface area contributed by atoms with E-state index in [4.69, 9.17) is 14.2 Å². The number of hydrogen-bond acceptors (Lipinski definition) is 5. The largest absolute Gasteiger partial charge is 0.493 e. The van der Waals surface area contributed by atoms with Crippen LogP contribution in [0.25, 0.3) is 10.9 Å². The van der Waals surface area contributed by atoms with Gasteiger partial charge in [0, 0.05) is 41.8 Å². The summed E-state index contributed by atoms with van der Waals surface area (Å²) in [6, 6.07) is 11.7. The fraction of sp³-hybridized carbons (Fsp3) is 0.400. The van der Waals surface area contributed by atoms with Gasteiger partial charge in [0.2, 0.25) is 0 Å². The van der Waals surface area contributed by atoms with Crippen molar-refractivity contribution in [1.82, 2.24) is 15.2 Å². The number of nitrogens with zero attached hydrogens (tertiary/aromatic N) is 1. The van der Waals surface area contributed by atoms with Gasteiger partial charge in [-0.25, -0.2) is 0 Å². The number of morpholine rings is 1. The fourth-order valence-electron chi connectivity index (χ4n) is 4.30. The minimum atomic E-state index is -0.0797. The third kappa shape index (κ3) is 4.45. The molecule has 32 heavy (non-hydrogen) atoms. The Morgan fingerprint density at radius 3 is 2.56 bits per heavy atom. The molecule has 0 radical (unpaired) electrons. The van der Waals surface area contributed by atoms with Crippen molar-refractivity contribution in [3.63, 3.8) is 0 Å². The second-order valence-electron chi connectivity index (χ2n) is 8.12. The van der Waals surface area contributed by atoms with Gasteiger partial charge in [0.05, 0.1) is 33.5 Å². The summed E-state index contributed by atoms with van der Waals surface area (Å²) in [6.45, 7) is 7.58. The number of rotatable bonds is 7. The number of ether oxygens (including phenoxy) is 3. The van der Waals surface area contributed by atoms with Gasteiger partial charge in [-0.15, -0.1) is 0 Å². The number of H-pyrrole nitrogens is 1. The SMILES string of the molecule is COc1ccc(C(CNC(=O)c2ccc3[nH]c(C)c(C)c3c2)N2CCOCC2)cc1OC. The highest BCUT2D eigenvalue weighted by atomic mass is 16.5. The third-order valence-electron chi connectivity index (χ3n) is 6.31. The molecule has 1 aromatic heterocycles. The molecule has 7 nitrogen and oxygen atoms in total. The molecular weight excluding hydrogens is 406 g/mol. The van der Waals surface area contributed by atoms with Crippen LogP contribution in [0.5, 0.6) is 11.5 Å². The molecule has 2 heterocycles. The molecule has 0 saturated carbocycles. The summed E-state index contributed by atoms with van der Waals surface area (Å²) in [5, 5.41) is 4.23. The molecule has 1 saturated heterocycles. The normalized spacial score (nSPS) is 15.5. The van der Waals surface area contributed by atoms with E-state index in [1.807, 2.05) is 43.3 Å². The number of carbonyl (C=O) groups is 1. The van der Waals surface area contributed by atoms with Gasteiger partial charge in [0.1, 0.15) is 0 Å². The number of aromatic amines is 1. The van der Waals surface area contributed by atoms with Gasteiger partial charge < -0.3 is 24.5 Å². The van der Waals surface area contributed by atoms with Crippen LogP contribution in [0.1, 0.15) is 33.2 Å². The summed E-state index contributed by atoms with van der Waals surface area (Å²) in [4.78, 5) is 18.7. The molecule has 4 rings (SSSR count). The van der Waals surface area contributed by atoms with Crippen molar-refractivity contribution in [2.75, 3.05) is 47.1 Å². The van der Waals surface area contributed by atoms with Crippen molar-refractivity contribution in [1.29, 1.82) is 0 Å². The molecule has 1 atom stereocenters. The smallest absolute Gasteiger partial charge is 0.251 e. The maximum absolute atomic E-state index is 13.0. The van der Waals surface area contributed by atoms with Gasteiger partial charge in [-0.05, 0) is 55.3 Å². The maximum Gasteiger partial charge on any atom is 0.251 e. The summed E-state index contributed by atoms with van der Waals surface area (Å²) >= 11 is 0. The van der Waals surface area contributed by atoms with Crippen molar-refractivity contribution in [2.45, 2.75) is 19.9 Å². The zero-order chi connectivity index (χ0) is 22.7. The summed E-state index contributed by atoms with van der Waals surface area (Å²) in [6.07, 6.45) is 0. The molecule has 1 aliphatic rings. The number of amides is 1. The van der Waals surface area contributed by atoms with Crippen LogP contribution >= 0.6 is 0 Å². The Hall–Kier alpha value is -3.03. The molecule has 7 heteroatoms. The Kier molecular flexibility index (Phi) is 6.67. The number of carbonyl (C=O) groups excluding carboxylic acids is 1. The maximum atomic E-state index is 13.0. The first-order valence-electron chi connectivity index (χ1n) is 10.9. The van der Waals surface area contributed by atoms with E-state index in [0.29, 0.717) is 36.8 Å². The highest BCUT2D eigenvalue weighted by Crippen LogP contribution is 2.32. The molecular formula is C25H31N3O4. The lowest BCUT2D eigenvalue weighted by molar-refractivity contribution is 0.0162. The zero-order valence-corrected chi connectivity index (χ0v) is 19.2. The third-order valence-corrected chi connectivity index (χ3v) is 6.31. The summed E-state index contributed by atoms with van der Waals surface area (Å²) in [5.74, 6) is 1.29. The Labute approximate surface area is 188 Å². The number of aryl methyl sites for hydroxylation is 2. The Bertz CT molecular complexity index is 1100. The molecule has 3 aromatic rings. The number of benzene rings is 2. The fourth-order valence-corrected chi connectivity index (χ4v) is 4.30. The highest BCUT2D eigenvalue weighted by Gasteiger charge is 2.24. The predicted molar refractivity (Wildman–Crippen MR) is 125 cm³/mol. The van der Waals surface area contributed by atoms with Crippen molar-refractivity contribution < 1.29 is 19.0 Å². The van der Waals surface area contributed by atoms with Crippen molar-refractivity contribution in [2.24, 2.45) is 0 Å². The molecule has 1 unspecified atom stereocenters. The second-order valence-corrected chi connectivity index (χ2v) is 8.12. The van der Waals surface area contributed by atoms with Crippen LogP contribution in [-0.2, 0) is 4.74 Å². The lowest BCUT2D eigenvalue weighted by Crippen LogP contribution is -2.43. The van der Waals surface area contributed by atoms with Crippen LogP contribution in [0.3, 0.4) is 0 Å². The monoisotopic (exact) mass is 437 g/mol. The number of aromatic nitrogens is 1. The van der Waals surface area contributed by atoms with Crippen LogP contribution < -0.4 is 14.8 Å². The first-order valence-corrected chi connectivity index (χ1v) is 10.9. The summed E-state index contributed by atoms with van der Waals surface area (Å²) in [5.41, 5.74) is 5.07. The molecule has 170 valence electrons. The minimum Gasteiger partial charge on any atom is -0.493 e. The van der Waals surface area contributed by atoms with E-state index in [1.54, 1.807) is 14.2 Å². The van der Waals surface area contributed by atoms with E-state index in [9.17, 15) is 4.79 Å². The van der Waals surface area contributed by atoms with Crippen LogP contribution in [-0.4, -0.2) is 62.9 Å². The topological polar surface area (TPSA) is 75.8 Å². The van der Waals surface area contributed by atoms with Crippen LogP contribution in [0.4, 0.5) is 0 Å². The van der Waals surface area contributed by atoms with Crippen molar-refractivity contribution in [3.05, 3.63) is 58.8 Å². The number of hydrogen-bond donors (Lipinski definition) is 2. The highest BCUT2D eigenvalue weighted by molar-refractivity contribution is 5.99. The Balaban J connectivity index is 1.56. The van der Waals surface area contributed by atoms with E-state index in [1.165, 1.54) is 5.56 Å². The van der Waals surface area contributed by atoms with Gasteiger partial charge in [-0.2, -0.15) is 0 Å². The van der Waals surface area contributed by atoms with Gasteiger partial charge in [0.25, 0.3) is 5.91 Å². The quantitative estimate of drug-likeness (QED) is 0.591. The lowest BCUT2D eigenvalue weighted by Gasteiger charge is -2.35. The Morgan fingerprint density at radius 2 is 1.84 bits per heavy atom. The number of methoxy groups -OCH3 is 2. The molecule has 2 N–H and O–H groups in total. The van der Waals surface area contributed by atoms with Gasteiger partial charge in [-0.3, -0.25) is 9.69 Å². The molecule has 0 spiro atoms. The Morgan fingerprint density at radius 1 is 1.09 bits per heavy atom. The van der Waals surface area contributed by atoms with Crippen LogP contribution in [0.2, 0.25) is 0 Å². The van der Waals surface area contributed by atoms with E-state index in [2.05, 4.69) is 22.1 Å². The van der Waals surface area contributed by atoms with Crippen molar-refractivity contribution in [3.8, 4) is 11.5 Å². The van der Waals surface area contributed by atoms with E-state index in [0.717, 1.165) is 35.2 Å². The predicted octanol–water partition coefficient (Wildman–Crippen LogP) is 3.61. The molecule has 1 fully saturated rings. The van der Waals surface area contributed by atoms with Crippen LogP contribution in [0.15, 0.2) is 36.4 Å².